The number of carbonyl (C=O) groups is 2. The van der Waals surface area contributed by atoms with E-state index in [2.05, 4.69) is 22.8 Å². The Morgan fingerprint density at radius 3 is 2.68 bits per heavy atom. The molecule has 1 aliphatic rings. The van der Waals surface area contributed by atoms with Gasteiger partial charge >= 0.3 is 5.97 Å². The number of carbonyl (C=O) groups excluding carboxylic acids is 1. The third-order valence-electron chi connectivity index (χ3n) is 7.12. The van der Waals surface area contributed by atoms with Crippen LogP contribution in [-0.2, 0) is 27.2 Å². The van der Waals surface area contributed by atoms with E-state index in [0.29, 0.717) is 19.6 Å². The average Bonchev–Trinajstić information content (AvgIpc) is 2.95. The number of alkyl halides is 1. The van der Waals surface area contributed by atoms with Crippen molar-refractivity contribution in [2.75, 3.05) is 45.3 Å². The molecule has 2 heterocycles. The van der Waals surface area contributed by atoms with Gasteiger partial charge in [-0.1, -0.05) is 36.4 Å². The summed E-state index contributed by atoms with van der Waals surface area (Å²) in [7, 11) is 1.48. The van der Waals surface area contributed by atoms with E-state index in [1.807, 2.05) is 35.2 Å². The van der Waals surface area contributed by atoms with E-state index in [1.165, 1.54) is 12.7 Å². The molecule has 0 saturated heterocycles. The topological polar surface area (TPSA) is 104 Å². The monoisotopic (exact) mass is 528 g/mol. The van der Waals surface area contributed by atoms with Crippen LogP contribution < -0.4 is 10.6 Å². The number of halogens is 1. The number of ether oxygens (including phenoxy) is 1. The fraction of sp³-hybridized carbons (Fsp3) is 0.552. The number of pyridine rings is 1. The van der Waals surface area contributed by atoms with Gasteiger partial charge in [-0.2, -0.15) is 0 Å². The molecule has 9 heteroatoms. The number of fused-ring (bicyclic) bond motifs is 1. The van der Waals surface area contributed by atoms with Crippen molar-refractivity contribution in [3.05, 3.63) is 59.3 Å². The van der Waals surface area contributed by atoms with Crippen molar-refractivity contribution in [1.82, 2.24) is 15.2 Å². The number of benzene rings is 1. The van der Waals surface area contributed by atoms with Crippen LogP contribution in [0, 0.1) is 0 Å². The maximum Gasteiger partial charge on any atom is 0.326 e. The van der Waals surface area contributed by atoms with E-state index in [1.54, 1.807) is 6.92 Å². The standard InChI is InChI=1S/C29H41FN4O4/c1-21(22-9-4-3-5-10-22)28(35)33-26(29(36)37)15-18-34(20-25(19-30)38-2)17-7-6-12-24-14-13-23-11-8-16-31-27(23)32-24/h3-5,9-10,13-14,21,25-26H,6-8,11-12,15-20H2,1-2H3,(H,31,32)(H,33,35)(H,36,37)/t21-,25+,26-/m0/s1. The first-order valence-corrected chi connectivity index (χ1v) is 13.5. The molecule has 38 heavy (non-hydrogen) atoms. The predicted molar refractivity (Wildman–Crippen MR) is 146 cm³/mol. The zero-order valence-corrected chi connectivity index (χ0v) is 22.5. The number of aryl methyl sites for hydroxylation is 2. The van der Waals surface area contributed by atoms with Crippen molar-refractivity contribution >= 4 is 17.7 Å². The van der Waals surface area contributed by atoms with Crippen molar-refractivity contribution in [2.24, 2.45) is 0 Å². The molecule has 1 amide bonds. The second kappa shape index (κ2) is 15.4. The zero-order chi connectivity index (χ0) is 27.3. The molecule has 208 valence electrons. The van der Waals surface area contributed by atoms with Crippen LogP contribution in [0.4, 0.5) is 10.2 Å². The lowest BCUT2D eigenvalue weighted by molar-refractivity contribution is -0.142. The van der Waals surface area contributed by atoms with E-state index >= 15 is 0 Å². The molecule has 1 aliphatic heterocycles. The van der Waals surface area contributed by atoms with Gasteiger partial charge in [0.1, 0.15) is 18.5 Å². The molecule has 0 unspecified atom stereocenters. The van der Waals surface area contributed by atoms with E-state index < -0.39 is 30.7 Å². The number of methoxy groups -OCH3 is 1. The molecule has 8 nitrogen and oxygen atoms in total. The lowest BCUT2D eigenvalue weighted by Crippen LogP contribution is -2.45. The minimum atomic E-state index is -1.08. The summed E-state index contributed by atoms with van der Waals surface area (Å²) in [4.78, 5) is 31.4. The number of aromatic nitrogens is 1. The normalized spacial score (nSPS) is 15.3. The summed E-state index contributed by atoms with van der Waals surface area (Å²) in [6.07, 6.45) is 4.41. The minimum Gasteiger partial charge on any atom is -0.480 e. The van der Waals surface area contributed by atoms with Gasteiger partial charge in [0.05, 0.1) is 12.0 Å². The molecule has 0 aliphatic carbocycles. The molecule has 1 aromatic carbocycles. The smallest absolute Gasteiger partial charge is 0.326 e. The number of nitrogens with zero attached hydrogens (tertiary/aromatic N) is 2. The second-order valence-electron chi connectivity index (χ2n) is 9.93. The molecule has 0 radical (unpaired) electrons. The molecule has 3 rings (SSSR count). The summed E-state index contributed by atoms with van der Waals surface area (Å²) in [5.41, 5.74) is 3.14. The van der Waals surface area contributed by atoms with Crippen LogP contribution in [0.3, 0.4) is 0 Å². The summed E-state index contributed by atoms with van der Waals surface area (Å²) in [5.74, 6) is -0.893. The number of amides is 1. The quantitative estimate of drug-likeness (QED) is 0.285. The number of hydrogen-bond acceptors (Lipinski definition) is 6. The lowest BCUT2D eigenvalue weighted by Gasteiger charge is -2.27. The SMILES string of the molecule is CO[C@H](CF)CN(CCCCc1ccc2c(n1)NCCC2)CC[C@H](NC(=O)[C@@H](C)c1ccccc1)C(=O)O. The summed E-state index contributed by atoms with van der Waals surface area (Å²) < 4.78 is 18.6. The molecule has 3 atom stereocenters. The van der Waals surface area contributed by atoms with Crippen molar-refractivity contribution in [3.63, 3.8) is 0 Å². The largest absolute Gasteiger partial charge is 0.480 e. The number of carboxylic acid groups (broad SMARTS) is 1. The Bertz CT molecular complexity index is 1020. The number of unbranched alkanes of at least 4 members (excludes halogenated alkanes) is 1. The molecular weight excluding hydrogens is 487 g/mol. The molecule has 0 saturated carbocycles. The van der Waals surface area contributed by atoms with Crippen LogP contribution in [0.25, 0.3) is 0 Å². The van der Waals surface area contributed by atoms with Crippen molar-refractivity contribution < 1.29 is 23.8 Å². The zero-order valence-electron chi connectivity index (χ0n) is 22.5. The average molecular weight is 529 g/mol. The summed E-state index contributed by atoms with van der Waals surface area (Å²) in [6.45, 7) is 3.52. The number of nitrogens with one attached hydrogen (secondary N) is 2. The Balaban J connectivity index is 1.52. The number of rotatable bonds is 16. The molecule has 2 aromatic rings. The van der Waals surface area contributed by atoms with Crippen LogP contribution in [0.2, 0.25) is 0 Å². The van der Waals surface area contributed by atoms with Gasteiger partial charge in [0.15, 0.2) is 0 Å². The van der Waals surface area contributed by atoms with Gasteiger partial charge in [-0.05, 0) is 69.2 Å². The van der Waals surface area contributed by atoms with Gasteiger partial charge in [0.2, 0.25) is 5.91 Å². The lowest BCUT2D eigenvalue weighted by atomic mass is 10.00. The van der Waals surface area contributed by atoms with Gasteiger partial charge < -0.3 is 25.4 Å². The predicted octanol–water partition coefficient (Wildman–Crippen LogP) is 3.81. The van der Waals surface area contributed by atoms with Crippen molar-refractivity contribution in [2.45, 2.75) is 63.5 Å². The summed E-state index contributed by atoms with van der Waals surface area (Å²) >= 11 is 0. The molecular formula is C29H41FN4O4. The Morgan fingerprint density at radius 2 is 1.97 bits per heavy atom. The Hall–Kier alpha value is -3.04. The maximum atomic E-state index is 13.4. The van der Waals surface area contributed by atoms with Crippen molar-refractivity contribution in [1.29, 1.82) is 0 Å². The van der Waals surface area contributed by atoms with E-state index in [0.717, 1.165) is 55.7 Å². The number of hydrogen-bond donors (Lipinski definition) is 3. The molecule has 0 bridgehead atoms. The number of carboxylic acids is 1. The van der Waals surface area contributed by atoms with Crippen LogP contribution in [0.15, 0.2) is 42.5 Å². The van der Waals surface area contributed by atoms with Crippen molar-refractivity contribution in [3.8, 4) is 0 Å². The van der Waals surface area contributed by atoms with E-state index in [-0.39, 0.29) is 12.3 Å². The van der Waals surface area contributed by atoms with Crippen LogP contribution >= 0.6 is 0 Å². The molecule has 0 spiro atoms. The number of anilines is 1. The van der Waals surface area contributed by atoms with Crippen LogP contribution in [0.1, 0.15) is 55.3 Å². The van der Waals surface area contributed by atoms with Gasteiger partial charge in [-0.3, -0.25) is 4.79 Å². The highest BCUT2D eigenvalue weighted by molar-refractivity contribution is 5.87. The highest BCUT2D eigenvalue weighted by Gasteiger charge is 2.25. The van der Waals surface area contributed by atoms with Crippen LogP contribution in [0.5, 0.6) is 0 Å². The Morgan fingerprint density at radius 1 is 1.18 bits per heavy atom. The van der Waals surface area contributed by atoms with Gasteiger partial charge in [0.25, 0.3) is 0 Å². The summed E-state index contributed by atoms with van der Waals surface area (Å²) in [6, 6.07) is 12.5. The maximum absolute atomic E-state index is 13.4. The third-order valence-corrected chi connectivity index (χ3v) is 7.12. The Kier molecular flexibility index (Phi) is 12.0. The van der Waals surface area contributed by atoms with E-state index in [9.17, 15) is 19.1 Å². The molecule has 1 aromatic heterocycles. The third kappa shape index (κ3) is 9.06. The van der Waals surface area contributed by atoms with Gasteiger partial charge in [-0.25, -0.2) is 14.2 Å². The first-order valence-electron chi connectivity index (χ1n) is 13.5. The minimum absolute atomic E-state index is 0.212. The fourth-order valence-corrected chi connectivity index (χ4v) is 4.68. The number of aliphatic carboxylic acids is 1. The van der Waals surface area contributed by atoms with Gasteiger partial charge in [-0.15, -0.1) is 0 Å². The molecule has 0 fully saturated rings. The Labute approximate surface area is 225 Å². The first-order chi connectivity index (χ1) is 18.4. The highest BCUT2D eigenvalue weighted by atomic mass is 19.1. The van der Waals surface area contributed by atoms with Crippen LogP contribution in [-0.4, -0.2) is 79.0 Å². The first kappa shape index (κ1) is 29.5. The fourth-order valence-electron chi connectivity index (χ4n) is 4.68. The van der Waals surface area contributed by atoms with Gasteiger partial charge in [0, 0.05) is 32.4 Å². The highest BCUT2D eigenvalue weighted by Crippen LogP contribution is 2.20. The summed E-state index contributed by atoms with van der Waals surface area (Å²) in [5, 5.41) is 15.8. The second-order valence-corrected chi connectivity index (χ2v) is 9.93. The van der Waals surface area contributed by atoms with E-state index in [4.69, 9.17) is 9.72 Å². The molecule has 3 N–H and O–H groups in total.